The number of ether oxygens (including phenoxy) is 1. The molecule has 11 heteroatoms. The van der Waals surface area contributed by atoms with Gasteiger partial charge in [0.05, 0.1) is 17.6 Å². The maximum Gasteiger partial charge on any atom is 0.414 e. The molecule has 1 atom stereocenters. The summed E-state index contributed by atoms with van der Waals surface area (Å²) in [6.07, 6.45) is 0.405. The van der Waals surface area contributed by atoms with Crippen LogP contribution in [0, 0.1) is 5.82 Å². The molecule has 35 heavy (non-hydrogen) atoms. The van der Waals surface area contributed by atoms with Crippen molar-refractivity contribution in [2.75, 3.05) is 25.0 Å². The number of halogens is 2. The van der Waals surface area contributed by atoms with Gasteiger partial charge in [0.1, 0.15) is 18.1 Å². The zero-order valence-electron chi connectivity index (χ0n) is 18.9. The van der Waals surface area contributed by atoms with Gasteiger partial charge in [-0.25, -0.2) is 9.18 Å². The number of amides is 2. The average Bonchev–Trinajstić information content (AvgIpc) is 3.32. The van der Waals surface area contributed by atoms with Gasteiger partial charge in [-0.1, -0.05) is 59.2 Å². The molecule has 186 valence electrons. The highest BCUT2D eigenvalue weighted by Gasteiger charge is 2.16. The van der Waals surface area contributed by atoms with Gasteiger partial charge in [0, 0.05) is 18.2 Å². The number of hydrogen-bond acceptors (Lipinski definition) is 7. The lowest BCUT2D eigenvalue weighted by Gasteiger charge is -2.19. The van der Waals surface area contributed by atoms with E-state index in [9.17, 15) is 14.0 Å². The Balaban J connectivity index is 1.44. The van der Waals surface area contributed by atoms with E-state index in [1.54, 1.807) is 18.2 Å². The molecule has 3 rings (SSSR count). The third-order valence-electron chi connectivity index (χ3n) is 4.97. The molecule has 1 aromatic heterocycles. The summed E-state index contributed by atoms with van der Waals surface area (Å²) in [5.41, 5.74) is 7.54. The Hall–Kier alpha value is -3.47. The number of carbonyl (C=O) groups is 2. The second kappa shape index (κ2) is 13.4. The van der Waals surface area contributed by atoms with Crippen LogP contribution in [0.2, 0.25) is 5.02 Å². The fraction of sp³-hybridized carbons (Fsp3) is 0.292. The predicted octanol–water partition coefficient (Wildman–Crippen LogP) is 3.70. The smallest absolute Gasteiger partial charge is 0.414 e. The summed E-state index contributed by atoms with van der Waals surface area (Å²) in [7, 11) is 0. The third-order valence-corrected chi connectivity index (χ3v) is 5.40. The monoisotopic (exact) mass is 503 g/mol. The summed E-state index contributed by atoms with van der Waals surface area (Å²) in [5.74, 6) is -0.697. The van der Waals surface area contributed by atoms with Crippen molar-refractivity contribution < 1.29 is 23.2 Å². The SMILES string of the molecule is NCCC[C@@H](COC(=O)Nc1cc(-c2ccccc2)no1)NC(=O)CNCc1cccc(F)c1Cl. The number of aromatic nitrogens is 1. The molecule has 5 N–H and O–H groups in total. The van der Waals surface area contributed by atoms with E-state index >= 15 is 0 Å². The fourth-order valence-electron chi connectivity index (χ4n) is 3.23. The minimum absolute atomic E-state index is 0.0169. The Kier molecular flexibility index (Phi) is 10.0. The summed E-state index contributed by atoms with van der Waals surface area (Å²) in [6, 6.07) is 15.0. The standard InChI is InChI=1S/C24H27ClFN5O4/c25-23-17(8-4-10-19(23)26)13-28-14-21(32)29-18(9-5-11-27)15-34-24(33)30-22-12-20(31-35-22)16-6-2-1-3-7-16/h1-4,6-8,10,12,18,28H,5,9,11,13-15,27H2,(H,29,32)(H,30,33)/t18-/m0/s1. The topological polar surface area (TPSA) is 132 Å². The second-order valence-corrected chi connectivity index (χ2v) is 8.06. The molecule has 0 saturated carbocycles. The fourth-order valence-corrected chi connectivity index (χ4v) is 3.42. The van der Waals surface area contributed by atoms with Crippen molar-refractivity contribution in [2.24, 2.45) is 5.73 Å². The first-order valence-corrected chi connectivity index (χ1v) is 11.4. The molecule has 3 aromatic rings. The van der Waals surface area contributed by atoms with Crippen LogP contribution in [0.5, 0.6) is 0 Å². The van der Waals surface area contributed by atoms with E-state index in [0.29, 0.717) is 30.6 Å². The summed E-state index contributed by atoms with van der Waals surface area (Å²) in [5, 5.41) is 12.1. The first-order chi connectivity index (χ1) is 17.0. The predicted molar refractivity (Wildman–Crippen MR) is 130 cm³/mol. The van der Waals surface area contributed by atoms with Crippen LogP contribution in [0.25, 0.3) is 11.3 Å². The van der Waals surface area contributed by atoms with Crippen LogP contribution in [0.15, 0.2) is 59.1 Å². The van der Waals surface area contributed by atoms with E-state index in [4.69, 9.17) is 26.6 Å². The van der Waals surface area contributed by atoms with Gasteiger partial charge < -0.3 is 25.6 Å². The minimum Gasteiger partial charge on any atom is -0.447 e. The zero-order valence-corrected chi connectivity index (χ0v) is 19.7. The highest BCUT2D eigenvalue weighted by atomic mass is 35.5. The van der Waals surface area contributed by atoms with Crippen LogP contribution < -0.4 is 21.7 Å². The molecule has 9 nitrogen and oxygen atoms in total. The Morgan fingerprint density at radius 2 is 1.97 bits per heavy atom. The first-order valence-electron chi connectivity index (χ1n) is 11.0. The number of benzene rings is 2. The van der Waals surface area contributed by atoms with Crippen LogP contribution in [0.4, 0.5) is 15.1 Å². The van der Waals surface area contributed by atoms with Crippen molar-refractivity contribution in [3.05, 3.63) is 71.0 Å². The van der Waals surface area contributed by atoms with Crippen LogP contribution in [0.3, 0.4) is 0 Å². The van der Waals surface area contributed by atoms with E-state index < -0.39 is 18.0 Å². The van der Waals surface area contributed by atoms with Crippen molar-refractivity contribution >= 4 is 29.5 Å². The van der Waals surface area contributed by atoms with Crippen LogP contribution in [-0.2, 0) is 16.1 Å². The Morgan fingerprint density at radius 3 is 2.74 bits per heavy atom. The molecule has 2 aromatic carbocycles. The molecule has 0 spiro atoms. The molecule has 2 amide bonds. The average molecular weight is 504 g/mol. The van der Waals surface area contributed by atoms with Gasteiger partial charge in [-0.05, 0) is 31.0 Å². The molecule has 0 fully saturated rings. The highest BCUT2D eigenvalue weighted by molar-refractivity contribution is 6.31. The van der Waals surface area contributed by atoms with Crippen LogP contribution >= 0.6 is 11.6 Å². The van der Waals surface area contributed by atoms with Crippen molar-refractivity contribution in [1.29, 1.82) is 0 Å². The molecule has 0 aliphatic heterocycles. The van der Waals surface area contributed by atoms with E-state index in [0.717, 1.165) is 5.56 Å². The highest BCUT2D eigenvalue weighted by Crippen LogP contribution is 2.21. The Labute approximate surface area is 207 Å². The van der Waals surface area contributed by atoms with E-state index in [1.807, 2.05) is 30.3 Å². The number of nitrogens with two attached hydrogens (primary N) is 1. The summed E-state index contributed by atoms with van der Waals surface area (Å²) in [4.78, 5) is 24.5. The molecule has 0 radical (unpaired) electrons. The molecule has 0 bridgehead atoms. The number of nitrogens with zero attached hydrogens (tertiary/aromatic N) is 1. The van der Waals surface area contributed by atoms with Gasteiger partial charge >= 0.3 is 6.09 Å². The maximum absolute atomic E-state index is 13.5. The van der Waals surface area contributed by atoms with Gasteiger partial charge in [-0.3, -0.25) is 10.1 Å². The summed E-state index contributed by atoms with van der Waals surface area (Å²) in [6.45, 7) is 0.555. The molecular weight excluding hydrogens is 477 g/mol. The lowest BCUT2D eigenvalue weighted by Crippen LogP contribution is -2.43. The Bertz CT molecular complexity index is 1110. The van der Waals surface area contributed by atoms with Crippen LogP contribution in [-0.4, -0.2) is 42.9 Å². The van der Waals surface area contributed by atoms with Gasteiger partial charge in [0.15, 0.2) is 0 Å². The summed E-state index contributed by atoms with van der Waals surface area (Å²) >= 11 is 5.92. The lowest BCUT2D eigenvalue weighted by atomic mass is 10.1. The van der Waals surface area contributed by atoms with Gasteiger partial charge in [0.25, 0.3) is 0 Å². The number of carbonyl (C=O) groups excluding carboxylic acids is 2. The van der Waals surface area contributed by atoms with Gasteiger partial charge in [-0.2, -0.15) is 0 Å². The molecular formula is C24H27ClFN5O4. The van der Waals surface area contributed by atoms with Crippen molar-refractivity contribution in [1.82, 2.24) is 15.8 Å². The number of nitrogens with one attached hydrogen (secondary N) is 3. The largest absolute Gasteiger partial charge is 0.447 e. The number of hydrogen-bond donors (Lipinski definition) is 4. The quantitative estimate of drug-likeness (QED) is 0.296. The number of anilines is 1. The van der Waals surface area contributed by atoms with E-state index in [-0.39, 0.29) is 36.5 Å². The van der Waals surface area contributed by atoms with Crippen molar-refractivity contribution in [3.8, 4) is 11.3 Å². The molecule has 0 aliphatic carbocycles. The molecule has 1 heterocycles. The second-order valence-electron chi connectivity index (χ2n) is 7.68. The molecule has 0 saturated heterocycles. The third kappa shape index (κ3) is 8.36. The molecule has 0 unspecified atom stereocenters. The lowest BCUT2D eigenvalue weighted by molar-refractivity contribution is -0.121. The number of rotatable bonds is 12. The van der Waals surface area contributed by atoms with E-state index in [1.165, 1.54) is 6.07 Å². The van der Waals surface area contributed by atoms with Crippen molar-refractivity contribution in [3.63, 3.8) is 0 Å². The van der Waals surface area contributed by atoms with E-state index in [2.05, 4.69) is 21.1 Å². The van der Waals surface area contributed by atoms with Gasteiger partial charge in [-0.15, -0.1) is 0 Å². The first kappa shape index (κ1) is 26.1. The van der Waals surface area contributed by atoms with Crippen LogP contribution in [0.1, 0.15) is 18.4 Å². The Morgan fingerprint density at radius 1 is 1.17 bits per heavy atom. The summed E-state index contributed by atoms with van der Waals surface area (Å²) < 4.78 is 23.9. The minimum atomic E-state index is -0.744. The van der Waals surface area contributed by atoms with Crippen molar-refractivity contribution in [2.45, 2.75) is 25.4 Å². The van der Waals surface area contributed by atoms with Gasteiger partial charge in [0.2, 0.25) is 11.8 Å². The zero-order chi connectivity index (χ0) is 25.0. The molecule has 0 aliphatic rings. The maximum atomic E-state index is 13.5. The normalized spacial score (nSPS) is 11.6.